The number of amidine groups is 1. The van der Waals surface area contributed by atoms with Gasteiger partial charge in [0, 0.05) is 23.6 Å². The van der Waals surface area contributed by atoms with Crippen LogP contribution in [0.5, 0.6) is 0 Å². The van der Waals surface area contributed by atoms with E-state index in [1.54, 1.807) is 0 Å². The number of thioether (sulfide) groups is 1. The van der Waals surface area contributed by atoms with E-state index < -0.39 is 0 Å². The summed E-state index contributed by atoms with van der Waals surface area (Å²) in [5, 5.41) is 1.65. The third-order valence-corrected chi connectivity index (χ3v) is 5.96. The number of nitrogens with zero attached hydrogens (tertiary/aromatic N) is 3. The Labute approximate surface area is 157 Å². The molecule has 0 radical (unpaired) electrons. The van der Waals surface area contributed by atoms with Crippen molar-refractivity contribution in [2.24, 2.45) is 4.99 Å². The van der Waals surface area contributed by atoms with Crippen molar-refractivity contribution < 1.29 is 4.42 Å². The number of rotatable bonds is 3. The van der Waals surface area contributed by atoms with Gasteiger partial charge in [-0.2, -0.15) is 0 Å². The highest BCUT2D eigenvalue weighted by molar-refractivity contribution is 8.14. The summed E-state index contributed by atoms with van der Waals surface area (Å²) in [5.74, 6) is 1.85. The number of furan rings is 1. The molecule has 0 saturated carbocycles. The molecular formula is C21H19N3OS. The number of aromatic nitrogens is 1. The minimum absolute atomic E-state index is 0.0269. The van der Waals surface area contributed by atoms with Crippen molar-refractivity contribution in [2.45, 2.75) is 24.3 Å². The molecule has 1 saturated heterocycles. The molecule has 2 aliphatic heterocycles. The Kier molecular flexibility index (Phi) is 3.82. The summed E-state index contributed by atoms with van der Waals surface area (Å²) in [4.78, 5) is 11.9. The van der Waals surface area contributed by atoms with Gasteiger partial charge in [0.2, 0.25) is 0 Å². The molecule has 5 heteroatoms. The average molecular weight is 361 g/mol. The lowest BCUT2D eigenvalue weighted by Gasteiger charge is -2.25. The number of hydrogen-bond donors (Lipinski definition) is 0. The Bertz CT molecular complexity index is 938. The molecule has 0 unspecified atom stereocenters. The Hall–Kier alpha value is -2.53. The molecule has 0 spiro atoms. The van der Waals surface area contributed by atoms with Crippen molar-refractivity contribution in [3.05, 3.63) is 78.3 Å². The molecule has 5 rings (SSSR count). The molecule has 0 N–H and O–H groups in total. The second kappa shape index (κ2) is 6.32. The zero-order valence-corrected chi connectivity index (χ0v) is 15.3. The third kappa shape index (κ3) is 2.63. The lowest BCUT2D eigenvalue weighted by atomic mass is 10.0. The number of pyridine rings is 1. The van der Waals surface area contributed by atoms with Crippen LogP contribution in [0.15, 0.2) is 76.3 Å². The van der Waals surface area contributed by atoms with Crippen LogP contribution in [0, 0.1) is 0 Å². The molecule has 3 atom stereocenters. The summed E-state index contributed by atoms with van der Waals surface area (Å²) in [5.41, 5.74) is 2.08. The van der Waals surface area contributed by atoms with E-state index in [1.807, 2.05) is 48.3 Å². The monoisotopic (exact) mass is 361 g/mol. The van der Waals surface area contributed by atoms with Gasteiger partial charge in [-0.05, 0) is 24.3 Å². The third-order valence-electron chi connectivity index (χ3n) is 4.86. The van der Waals surface area contributed by atoms with Gasteiger partial charge in [0.1, 0.15) is 23.6 Å². The highest BCUT2D eigenvalue weighted by Crippen LogP contribution is 2.48. The molecule has 0 amide bonds. The molecule has 1 aromatic carbocycles. The Morgan fingerprint density at radius 3 is 2.69 bits per heavy atom. The summed E-state index contributed by atoms with van der Waals surface area (Å²) in [6.07, 6.45) is 1.84. The van der Waals surface area contributed by atoms with Gasteiger partial charge in [-0.15, -0.1) is 0 Å². The largest absolute Gasteiger partial charge is 0.459 e. The standard InChI is InChI=1S/C21H19N3OS/c1-14-13-24-20(18-11-10-17(25-18)15-7-3-2-4-8-15)19(23-21(24)26-14)16-9-5-6-12-22-16/h2-12,14,19-20H,13H2,1H3/t14-,19-,20+/m1/s1. The van der Waals surface area contributed by atoms with Crippen molar-refractivity contribution in [2.75, 3.05) is 6.54 Å². The zero-order valence-electron chi connectivity index (χ0n) is 14.4. The molecular weight excluding hydrogens is 342 g/mol. The first kappa shape index (κ1) is 15.7. The van der Waals surface area contributed by atoms with Crippen molar-refractivity contribution in [1.29, 1.82) is 0 Å². The highest BCUT2D eigenvalue weighted by atomic mass is 32.2. The number of fused-ring (bicyclic) bond motifs is 1. The van der Waals surface area contributed by atoms with Gasteiger partial charge in [0.05, 0.1) is 5.69 Å². The topological polar surface area (TPSA) is 41.6 Å². The summed E-state index contributed by atoms with van der Waals surface area (Å²) < 4.78 is 6.30. The van der Waals surface area contributed by atoms with E-state index >= 15 is 0 Å². The van der Waals surface area contributed by atoms with Gasteiger partial charge in [0.25, 0.3) is 0 Å². The molecule has 130 valence electrons. The van der Waals surface area contributed by atoms with Gasteiger partial charge >= 0.3 is 0 Å². The lowest BCUT2D eigenvalue weighted by molar-refractivity contribution is 0.277. The predicted octanol–water partition coefficient (Wildman–Crippen LogP) is 4.93. The van der Waals surface area contributed by atoms with Crippen LogP contribution >= 0.6 is 11.8 Å². The van der Waals surface area contributed by atoms with Gasteiger partial charge in [0.15, 0.2) is 5.17 Å². The van der Waals surface area contributed by atoms with E-state index in [-0.39, 0.29) is 12.1 Å². The summed E-state index contributed by atoms with van der Waals surface area (Å²) in [6, 6.07) is 20.4. The lowest BCUT2D eigenvalue weighted by Crippen LogP contribution is -2.28. The highest BCUT2D eigenvalue weighted by Gasteiger charge is 2.45. The minimum Gasteiger partial charge on any atom is -0.459 e. The first-order chi connectivity index (χ1) is 12.8. The van der Waals surface area contributed by atoms with Gasteiger partial charge in [-0.25, -0.2) is 4.99 Å². The molecule has 2 aliphatic rings. The molecule has 2 aromatic heterocycles. The molecule has 0 bridgehead atoms. The van der Waals surface area contributed by atoms with Gasteiger partial charge in [-0.3, -0.25) is 4.98 Å². The van der Waals surface area contributed by atoms with Crippen molar-refractivity contribution >= 4 is 16.9 Å². The average Bonchev–Trinajstić information content (AvgIpc) is 3.37. The molecule has 3 aromatic rings. The van der Waals surface area contributed by atoms with Crippen LogP contribution in [0.1, 0.15) is 30.5 Å². The van der Waals surface area contributed by atoms with E-state index in [0.29, 0.717) is 5.25 Å². The quantitative estimate of drug-likeness (QED) is 0.663. The summed E-state index contributed by atoms with van der Waals surface area (Å²) in [6.45, 7) is 3.23. The second-order valence-corrected chi connectivity index (χ2v) is 8.11. The van der Waals surface area contributed by atoms with Crippen molar-refractivity contribution in [3.63, 3.8) is 0 Å². The fraction of sp³-hybridized carbons (Fsp3) is 0.238. The zero-order chi connectivity index (χ0) is 17.5. The first-order valence-corrected chi connectivity index (χ1v) is 9.75. The maximum absolute atomic E-state index is 6.30. The van der Waals surface area contributed by atoms with Gasteiger partial charge < -0.3 is 9.32 Å². The summed E-state index contributed by atoms with van der Waals surface area (Å²) >= 11 is 1.84. The fourth-order valence-corrected chi connectivity index (χ4v) is 4.79. The second-order valence-electron chi connectivity index (χ2n) is 6.70. The van der Waals surface area contributed by atoms with Crippen molar-refractivity contribution in [1.82, 2.24) is 9.88 Å². The Balaban J connectivity index is 1.54. The van der Waals surface area contributed by atoms with Gasteiger partial charge in [-0.1, -0.05) is 55.1 Å². The number of hydrogen-bond acceptors (Lipinski definition) is 5. The smallest absolute Gasteiger partial charge is 0.161 e. The minimum atomic E-state index is -0.0269. The fourth-order valence-electron chi connectivity index (χ4n) is 3.69. The van der Waals surface area contributed by atoms with Crippen LogP contribution in [-0.4, -0.2) is 26.8 Å². The van der Waals surface area contributed by atoms with E-state index in [2.05, 4.69) is 47.1 Å². The summed E-state index contributed by atoms with van der Waals surface area (Å²) in [7, 11) is 0. The van der Waals surface area contributed by atoms with E-state index in [4.69, 9.17) is 9.41 Å². The maximum atomic E-state index is 6.30. The van der Waals surface area contributed by atoms with Crippen LogP contribution < -0.4 is 0 Å². The van der Waals surface area contributed by atoms with E-state index in [1.165, 1.54) is 0 Å². The number of benzene rings is 1. The SMILES string of the molecule is C[C@@H]1CN2C(=N[C@H](c3ccccn3)[C@@H]2c2ccc(-c3ccccc3)o2)S1. The number of aliphatic imine (C=N–C) groups is 1. The Morgan fingerprint density at radius 2 is 1.88 bits per heavy atom. The predicted molar refractivity (Wildman–Crippen MR) is 105 cm³/mol. The van der Waals surface area contributed by atoms with Crippen LogP contribution in [0.4, 0.5) is 0 Å². The Morgan fingerprint density at radius 1 is 1.04 bits per heavy atom. The van der Waals surface area contributed by atoms with Crippen LogP contribution in [0.3, 0.4) is 0 Å². The molecule has 1 fully saturated rings. The van der Waals surface area contributed by atoms with Crippen LogP contribution in [0.25, 0.3) is 11.3 Å². The van der Waals surface area contributed by atoms with E-state index in [0.717, 1.165) is 34.5 Å². The molecule has 0 aliphatic carbocycles. The first-order valence-electron chi connectivity index (χ1n) is 8.87. The normalized spacial score (nSPS) is 24.6. The van der Waals surface area contributed by atoms with Crippen LogP contribution in [-0.2, 0) is 0 Å². The van der Waals surface area contributed by atoms with Crippen molar-refractivity contribution in [3.8, 4) is 11.3 Å². The molecule has 4 heterocycles. The molecule has 26 heavy (non-hydrogen) atoms. The van der Waals surface area contributed by atoms with E-state index in [9.17, 15) is 0 Å². The molecule has 4 nitrogen and oxygen atoms in total. The van der Waals surface area contributed by atoms with Crippen LogP contribution in [0.2, 0.25) is 0 Å². The maximum Gasteiger partial charge on any atom is 0.161 e.